The number of carboxylic acid groups (broad SMARTS) is 1. The predicted molar refractivity (Wildman–Crippen MR) is 80.4 cm³/mol. The van der Waals surface area contributed by atoms with Gasteiger partial charge in [0, 0.05) is 39.2 Å². The van der Waals surface area contributed by atoms with E-state index in [-0.39, 0.29) is 25.4 Å². The van der Waals surface area contributed by atoms with Gasteiger partial charge in [-0.05, 0) is 24.1 Å². The van der Waals surface area contributed by atoms with Crippen molar-refractivity contribution < 1.29 is 19.8 Å². The number of aliphatic hydroxyl groups is 1. The van der Waals surface area contributed by atoms with E-state index in [4.69, 9.17) is 10.2 Å². The van der Waals surface area contributed by atoms with Crippen LogP contribution in [0.15, 0.2) is 24.3 Å². The van der Waals surface area contributed by atoms with Gasteiger partial charge in [0.05, 0.1) is 0 Å². The van der Waals surface area contributed by atoms with Crippen LogP contribution in [0, 0.1) is 0 Å². The SMILES string of the molecule is CN(C)c1ccc(CCC(=O)N[C@@H](CCO)C(=O)O)cc1. The third kappa shape index (κ3) is 5.83. The summed E-state index contributed by atoms with van der Waals surface area (Å²) in [6, 6.07) is 6.81. The quantitative estimate of drug-likeness (QED) is 0.654. The Kier molecular flexibility index (Phi) is 6.68. The Balaban J connectivity index is 2.46. The van der Waals surface area contributed by atoms with Gasteiger partial charge in [0.15, 0.2) is 0 Å². The molecule has 0 saturated carbocycles. The number of carboxylic acids is 1. The highest BCUT2D eigenvalue weighted by atomic mass is 16.4. The van der Waals surface area contributed by atoms with Gasteiger partial charge >= 0.3 is 5.97 Å². The molecule has 0 aromatic heterocycles. The second-order valence-electron chi connectivity index (χ2n) is 5.03. The Morgan fingerprint density at radius 2 is 1.86 bits per heavy atom. The number of aryl methyl sites for hydroxylation is 1. The summed E-state index contributed by atoms with van der Waals surface area (Å²) in [5.41, 5.74) is 2.10. The summed E-state index contributed by atoms with van der Waals surface area (Å²) in [4.78, 5) is 24.6. The molecule has 1 rings (SSSR count). The van der Waals surface area contributed by atoms with Crippen LogP contribution in [-0.2, 0) is 16.0 Å². The van der Waals surface area contributed by atoms with Crippen molar-refractivity contribution in [2.75, 3.05) is 25.6 Å². The zero-order valence-electron chi connectivity index (χ0n) is 12.4. The number of aliphatic carboxylic acids is 1. The first-order chi connectivity index (χ1) is 9.93. The van der Waals surface area contributed by atoms with Crippen LogP contribution in [-0.4, -0.2) is 48.8 Å². The fourth-order valence-electron chi connectivity index (χ4n) is 1.87. The highest BCUT2D eigenvalue weighted by molar-refractivity contribution is 5.83. The Morgan fingerprint density at radius 3 is 2.33 bits per heavy atom. The molecule has 0 heterocycles. The zero-order chi connectivity index (χ0) is 15.8. The summed E-state index contributed by atoms with van der Waals surface area (Å²) in [5.74, 6) is -1.46. The number of carbonyl (C=O) groups excluding carboxylic acids is 1. The number of nitrogens with one attached hydrogen (secondary N) is 1. The lowest BCUT2D eigenvalue weighted by molar-refractivity contribution is -0.142. The van der Waals surface area contributed by atoms with Crippen molar-refractivity contribution in [1.82, 2.24) is 5.32 Å². The van der Waals surface area contributed by atoms with Crippen LogP contribution in [0.4, 0.5) is 5.69 Å². The molecule has 0 saturated heterocycles. The van der Waals surface area contributed by atoms with Crippen molar-refractivity contribution in [3.8, 4) is 0 Å². The number of benzene rings is 1. The molecule has 6 nitrogen and oxygen atoms in total. The fourth-order valence-corrected chi connectivity index (χ4v) is 1.87. The monoisotopic (exact) mass is 294 g/mol. The second-order valence-corrected chi connectivity index (χ2v) is 5.03. The van der Waals surface area contributed by atoms with Gasteiger partial charge in [0.2, 0.25) is 5.91 Å². The van der Waals surface area contributed by atoms with Crippen LogP contribution in [0.5, 0.6) is 0 Å². The molecule has 0 aliphatic heterocycles. The van der Waals surface area contributed by atoms with Crippen molar-refractivity contribution in [2.45, 2.75) is 25.3 Å². The van der Waals surface area contributed by atoms with Crippen LogP contribution < -0.4 is 10.2 Å². The van der Waals surface area contributed by atoms with Crippen molar-refractivity contribution in [2.24, 2.45) is 0 Å². The Labute approximate surface area is 124 Å². The van der Waals surface area contributed by atoms with Crippen molar-refractivity contribution >= 4 is 17.6 Å². The van der Waals surface area contributed by atoms with E-state index in [0.717, 1.165) is 11.3 Å². The summed E-state index contributed by atoms with van der Waals surface area (Å²) in [7, 11) is 3.91. The predicted octanol–water partition coefficient (Wildman–Crippen LogP) is 0.637. The smallest absolute Gasteiger partial charge is 0.326 e. The Bertz CT molecular complexity index is 471. The highest BCUT2D eigenvalue weighted by Gasteiger charge is 2.18. The van der Waals surface area contributed by atoms with Gasteiger partial charge in [-0.25, -0.2) is 4.79 Å². The summed E-state index contributed by atoms with van der Waals surface area (Å²) in [6.45, 7) is -0.275. The number of nitrogens with zero attached hydrogens (tertiary/aromatic N) is 1. The van der Waals surface area contributed by atoms with E-state index >= 15 is 0 Å². The van der Waals surface area contributed by atoms with Gasteiger partial charge < -0.3 is 20.4 Å². The minimum atomic E-state index is -1.13. The molecular formula is C15H22N2O4. The molecule has 0 spiro atoms. The van der Waals surface area contributed by atoms with E-state index in [2.05, 4.69) is 5.32 Å². The third-order valence-corrected chi connectivity index (χ3v) is 3.14. The number of carbonyl (C=O) groups is 2. The Morgan fingerprint density at radius 1 is 1.24 bits per heavy atom. The molecule has 0 radical (unpaired) electrons. The third-order valence-electron chi connectivity index (χ3n) is 3.14. The fraction of sp³-hybridized carbons (Fsp3) is 0.467. The molecule has 0 aliphatic rings. The van der Waals surface area contributed by atoms with Crippen molar-refractivity contribution in [1.29, 1.82) is 0 Å². The van der Waals surface area contributed by atoms with Crippen molar-refractivity contribution in [3.05, 3.63) is 29.8 Å². The average molecular weight is 294 g/mol. The Hall–Kier alpha value is -2.08. The van der Waals surface area contributed by atoms with Gasteiger partial charge in [-0.2, -0.15) is 0 Å². The zero-order valence-corrected chi connectivity index (χ0v) is 12.4. The maximum Gasteiger partial charge on any atom is 0.326 e. The summed E-state index contributed by atoms with van der Waals surface area (Å²) in [6.07, 6.45) is 0.778. The van der Waals surface area contributed by atoms with Gasteiger partial charge in [-0.15, -0.1) is 0 Å². The first-order valence-corrected chi connectivity index (χ1v) is 6.83. The van der Waals surface area contributed by atoms with E-state index in [1.54, 1.807) is 0 Å². The average Bonchev–Trinajstić information content (AvgIpc) is 2.45. The molecule has 1 aromatic carbocycles. The minimum Gasteiger partial charge on any atom is -0.480 e. The lowest BCUT2D eigenvalue weighted by Crippen LogP contribution is -2.41. The largest absolute Gasteiger partial charge is 0.480 e. The van der Waals surface area contributed by atoms with Crippen LogP contribution in [0.25, 0.3) is 0 Å². The number of anilines is 1. The molecule has 6 heteroatoms. The number of aliphatic hydroxyl groups excluding tert-OH is 1. The maximum absolute atomic E-state index is 11.7. The summed E-state index contributed by atoms with van der Waals surface area (Å²) in [5, 5.41) is 20.1. The van der Waals surface area contributed by atoms with E-state index in [0.29, 0.717) is 6.42 Å². The summed E-state index contributed by atoms with van der Waals surface area (Å²) >= 11 is 0. The normalized spacial score (nSPS) is 11.8. The van der Waals surface area contributed by atoms with Crippen LogP contribution in [0.2, 0.25) is 0 Å². The molecule has 1 aromatic rings. The molecule has 3 N–H and O–H groups in total. The van der Waals surface area contributed by atoms with Gasteiger partial charge in [-0.1, -0.05) is 12.1 Å². The molecule has 1 amide bonds. The lowest BCUT2D eigenvalue weighted by atomic mass is 10.1. The van der Waals surface area contributed by atoms with Gasteiger partial charge in [0.1, 0.15) is 6.04 Å². The standard InChI is InChI=1S/C15H22N2O4/c1-17(2)12-6-3-11(4-7-12)5-8-14(19)16-13(9-10-18)15(20)21/h3-4,6-7,13,18H,5,8-10H2,1-2H3,(H,16,19)(H,20,21)/t13-/m0/s1. The first-order valence-electron chi connectivity index (χ1n) is 6.83. The number of amides is 1. The highest BCUT2D eigenvalue weighted by Crippen LogP contribution is 2.13. The van der Waals surface area contributed by atoms with Crippen LogP contribution in [0.1, 0.15) is 18.4 Å². The van der Waals surface area contributed by atoms with Crippen LogP contribution in [0.3, 0.4) is 0 Å². The molecule has 0 unspecified atom stereocenters. The second kappa shape index (κ2) is 8.26. The van der Waals surface area contributed by atoms with E-state index in [1.807, 2.05) is 43.3 Å². The summed E-state index contributed by atoms with van der Waals surface area (Å²) < 4.78 is 0. The lowest BCUT2D eigenvalue weighted by Gasteiger charge is -2.14. The van der Waals surface area contributed by atoms with E-state index < -0.39 is 12.0 Å². The number of hydrogen-bond donors (Lipinski definition) is 3. The van der Waals surface area contributed by atoms with E-state index in [1.165, 1.54) is 0 Å². The van der Waals surface area contributed by atoms with E-state index in [9.17, 15) is 9.59 Å². The number of rotatable bonds is 8. The number of hydrogen-bond acceptors (Lipinski definition) is 4. The molecule has 116 valence electrons. The topological polar surface area (TPSA) is 89.9 Å². The van der Waals surface area contributed by atoms with Crippen LogP contribution >= 0.6 is 0 Å². The first kappa shape index (κ1) is 17.0. The van der Waals surface area contributed by atoms with Gasteiger partial charge in [-0.3, -0.25) is 4.79 Å². The molecule has 0 aliphatic carbocycles. The molecule has 1 atom stereocenters. The molecular weight excluding hydrogens is 272 g/mol. The minimum absolute atomic E-state index is 0.0125. The molecule has 0 fully saturated rings. The van der Waals surface area contributed by atoms with Gasteiger partial charge in [0.25, 0.3) is 0 Å². The van der Waals surface area contributed by atoms with Crippen molar-refractivity contribution in [3.63, 3.8) is 0 Å². The maximum atomic E-state index is 11.7. The molecule has 0 bridgehead atoms. The molecule has 21 heavy (non-hydrogen) atoms.